The predicted molar refractivity (Wildman–Crippen MR) is 244 cm³/mol. The van der Waals surface area contributed by atoms with Crippen molar-refractivity contribution in [3.05, 3.63) is 107 Å². The lowest BCUT2D eigenvalue weighted by Gasteiger charge is -2.32. The zero-order chi connectivity index (χ0) is 51.1. The molecule has 7 rings (SSSR count). The molecule has 1 aliphatic rings. The van der Waals surface area contributed by atoms with E-state index in [1.165, 1.54) is 18.2 Å². The molecule has 1 saturated heterocycles. The molecule has 6 aromatic rings. The van der Waals surface area contributed by atoms with E-state index >= 15 is 0 Å². The number of benzene rings is 6. The number of para-hydroxylation sites is 2. The molecule has 29 heteroatoms. The van der Waals surface area contributed by atoms with Crippen molar-refractivity contribution in [3.63, 3.8) is 0 Å². The van der Waals surface area contributed by atoms with E-state index in [1.807, 2.05) is 66.7 Å². The molecule has 71 heavy (non-hydrogen) atoms. The molecule has 0 saturated carbocycles. The Balaban J connectivity index is 0.815. The second-order valence-corrected chi connectivity index (χ2v) is 22.0. The van der Waals surface area contributed by atoms with Gasteiger partial charge in [-0.05, 0) is 61.1 Å². The number of thioether (sulfide) groups is 1. The van der Waals surface area contributed by atoms with Crippen LogP contribution in [0.5, 0.6) is 5.75 Å². The Bertz CT molecular complexity index is 3100. The molecule has 0 radical (unpaired) electrons. The zero-order valence-corrected chi connectivity index (χ0v) is 41.1. The maximum Gasteiger partial charge on any atom is 0.331 e. The van der Waals surface area contributed by atoms with Crippen molar-refractivity contribution in [2.75, 3.05) is 65.1 Å². The average molecular weight is 1080 g/mol. The van der Waals surface area contributed by atoms with Gasteiger partial charge in [0.2, 0.25) is 11.7 Å². The fourth-order valence-electron chi connectivity index (χ4n) is 7.73. The smallest absolute Gasteiger partial charge is 0.331 e. The van der Waals surface area contributed by atoms with Crippen LogP contribution in [0.1, 0.15) is 5.56 Å². The number of nitro groups is 1. The van der Waals surface area contributed by atoms with Crippen LogP contribution in [0.4, 0.5) is 5.69 Å². The molecule has 1 heterocycles. The number of fused-ring (bicyclic) bond motifs is 2. The summed E-state index contributed by atoms with van der Waals surface area (Å²) >= 11 is 0.700. The summed E-state index contributed by atoms with van der Waals surface area (Å²) in [7, 11) is -21.0. The quantitative estimate of drug-likeness (QED) is 0.00822. The van der Waals surface area contributed by atoms with Crippen molar-refractivity contribution in [2.45, 2.75) is 11.7 Å². The molecule has 0 spiro atoms. The minimum absolute atomic E-state index is 0.00889. The number of hydrogen-bond donors (Lipinski definition) is 0. The molecule has 1 fully saturated rings. The van der Waals surface area contributed by atoms with Crippen LogP contribution in [0, 0.1) is 16.0 Å². The third-order valence-electron chi connectivity index (χ3n) is 10.6. The summed E-state index contributed by atoms with van der Waals surface area (Å²) in [6, 6.07) is 26.5. The molecule has 6 aromatic carbocycles. The van der Waals surface area contributed by atoms with Crippen molar-refractivity contribution in [1.82, 2.24) is 4.90 Å². The normalized spacial score (nSPS) is 17.5. The van der Waals surface area contributed by atoms with E-state index in [9.17, 15) is 67.2 Å². The fraction of sp³-hybridized carbons (Fsp3) is 0.310. The Hall–Kier alpha value is -4.58. The average Bonchev–Trinajstić information content (AvgIpc) is 3.57. The third kappa shape index (κ3) is 14.3. The Kier molecular flexibility index (Phi) is 17.6. The van der Waals surface area contributed by atoms with Crippen molar-refractivity contribution in [2.24, 2.45) is 5.92 Å². The number of likely N-dealkylation sites (tertiary alicyclic amines) is 1. The molecule has 0 N–H and O–H groups in total. The van der Waals surface area contributed by atoms with Gasteiger partial charge in [-0.1, -0.05) is 78.9 Å². The summed E-state index contributed by atoms with van der Waals surface area (Å²) in [5.41, 5.74) is 0.177. The maximum atomic E-state index is 12.7. The Morgan fingerprint density at radius 2 is 1.17 bits per heavy atom. The number of rotatable bonds is 27. The molecule has 1 aliphatic heterocycles. The van der Waals surface area contributed by atoms with Crippen LogP contribution in [-0.2, 0) is 70.7 Å². The Labute approximate surface area is 406 Å². The third-order valence-corrected chi connectivity index (χ3v) is 15.2. The summed E-state index contributed by atoms with van der Waals surface area (Å²) < 4.78 is 85.9. The molecule has 5 atom stereocenters. The highest BCUT2D eigenvalue weighted by Gasteiger charge is 2.40. The standard InChI is InChI=1S/C42H44N2O22P4S/c45-36-23-43(24-38(46)66-37-13-2-1-12-35(37)44(48)49)42(47)41(36)71-21-20-63-69(55,56)61-17-16-59-68(53,54)60-18-19-62-70(57,58)65-26-27(25-64-67(50,51)52)22-29-14-15-34-32-10-4-7-28-6-3-9-31(39(28)32)33-11-5-8-30(29)40(33)34/h1-15,27,41H,16-26H2,(H,53,54)(H,55,56)(H,57,58)(H2,50,51,52)/p-5. The maximum absolute atomic E-state index is 12.7. The largest absolute Gasteiger partial charge is 0.790 e. The van der Waals surface area contributed by atoms with E-state index in [0.29, 0.717) is 17.3 Å². The number of phosphoric acid groups is 4. The van der Waals surface area contributed by atoms with Crippen LogP contribution < -0.4 is 29.2 Å². The Morgan fingerprint density at radius 1 is 0.648 bits per heavy atom. The molecule has 0 aliphatic carbocycles. The number of nitrogens with zero attached hydrogens (tertiary/aromatic N) is 2. The molecular formula is C42H39N2O22P4S-5. The fourth-order valence-corrected chi connectivity index (χ4v) is 11.3. The minimum Gasteiger partial charge on any atom is -0.790 e. The lowest BCUT2D eigenvalue weighted by atomic mass is 9.87. The highest BCUT2D eigenvalue weighted by molar-refractivity contribution is 8.01. The molecule has 0 bridgehead atoms. The first-order valence-corrected chi connectivity index (χ1v) is 27.9. The zero-order valence-electron chi connectivity index (χ0n) is 36.7. The summed E-state index contributed by atoms with van der Waals surface area (Å²) in [5.74, 6) is -4.08. The SMILES string of the molecule is O=C(CN1CC(=O)C(SCCOP(=O)([O-])OCCOP(=O)([O-])OCCOP(=O)([O-])OCC(COP(=O)([O-])[O-])Cc2ccc3c4cccc5cccc(c6cccc2c63)c54)C1=O)Oc1ccccc1[N+](=O)[O-]. The van der Waals surface area contributed by atoms with E-state index in [4.69, 9.17) is 9.26 Å². The number of carbonyl (C=O) groups excluding carboxylic acids is 3. The van der Waals surface area contributed by atoms with Gasteiger partial charge in [0.05, 0.1) is 65.5 Å². The number of hydrogen-bond acceptors (Lipinski definition) is 23. The van der Waals surface area contributed by atoms with Gasteiger partial charge < -0.3 is 70.3 Å². The topological polar surface area (TPSA) is 355 Å². The number of nitro benzene ring substituents is 1. The number of Topliss-reactive ketones (excluding diaryl/α,β-unsaturated/α-hetero) is 1. The van der Waals surface area contributed by atoms with Gasteiger partial charge in [-0.2, -0.15) is 0 Å². The van der Waals surface area contributed by atoms with Gasteiger partial charge in [-0.15, -0.1) is 11.8 Å². The number of phosphoric ester groups is 4. The van der Waals surface area contributed by atoms with Gasteiger partial charge in [0.15, 0.2) is 5.78 Å². The molecule has 1 amide bonds. The summed E-state index contributed by atoms with van der Waals surface area (Å²) in [6.07, 6.45) is -0.00889. The van der Waals surface area contributed by atoms with E-state index in [1.54, 1.807) is 0 Å². The number of amides is 1. The lowest BCUT2D eigenvalue weighted by molar-refractivity contribution is -0.385. The second-order valence-electron chi connectivity index (χ2n) is 15.4. The number of ether oxygens (including phenoxy) is 1. The molecule has 24 nitrogen and oxygen atoms in total. The summed E-state index contributed by atoms with van der Waals surface area (Å²) in [6.45, 7) is -6.90. The Morgan fingerprint density at radius 3 is 1.77 bits per heavy atom. The van der Waals surface area contributed by atoms with Gasteiger partial charge in [-0.25, -0.2) is 4.79 Å². The van der Waals surface area contributed by atoms with Gasteiger partial charge in [0.1, 0.15) is 11.8 Å². The first-order chi connectivity index (χ1) is 33.6. The summed E-state index contributed by atoms with van der Waals surface area (Å²) in [4.78, 5) is 109. The van der Waals surface area contributed by atoms with Gasteiger partial charge in [0.25, 0.3) is 23.5 Å². The van der Waals surface area contributed by atoms with Crippen LogP contribution in [0.25, 0.3) is 43.1 Å². The second kappa shape index (κ2) is 23.1. The van der Waals surface area contributed by atoms with Crippen LogP contribution in [0.15, 0.2) is 91.0 Å². The van der Waals surface area contributed by atoms with Gasteiger partial charge in [-0.3, -0.25) is 33.4 Å². The first-order valence-electron chi connectivity index (χ1n) is 21.0. The van der Waals surface area contributed by atoms with Crippen molar-refractivity contribution >= 4 is 109 Å². The molecule has 5 unspecified atom stereocenters. The lowest BCUT2D eigenvalue weighted by Crippen LogP contribution is -2.35. The number of ketones is 1. The molecule has 0 aromatic heterocycles. The van der Waals surface area contributed by atoms with E-state index in [-0.39, 0.29) is 17.9 Å². The van der Waals surface area contributed by atoms with Crippen LogP contribution >= 0.6 is 43.1 Å². The predicted octanol–water partition coefficient (Wildman–Crippen LogP) is 3.27. The van der Waals surface area contributed by atoms with E-state index < -0.39 is 130 Å². The molecular weight excluding hydrogens is 1040 g/mol. The highest BCUT2D eigenvalue weighted by atomic mass is 32.2. The van der Waals surface area contributed by atoms with E-state index in [2.05, 4.69) is 27.1 Å². The van der Waals surface area contributed by atoms with Gasteiger partial charge >= 0.3 is 11.7 Å². The van der Waals surface area contributed by atoms with Crippen LogP contribution in [-0.4, -0.2) is 97.8 Å². The highest BCUT2D eigenvalue weighted by Crippen LogP contribution is 2.44. The first kappa shape index (κ1) is 54.2. The minimum atomic E-state index is -5.50. The van der Waals surface area contributed by atoms with Crippen LogP contribution in [0.3, 0.4) is 0 Å². The summed E-state index contributed by atoms with van der Waals surface area (Å²) in [5, 5.41) is 17.6. The number of carbonyl (C=O) groups is 3. The number of esters is 1. The van der Waals surface area contributed by atoms with Crippen molar-refractivity contribution < 1.29 is 98.4 Å². The van der Waals surface area contributed by atoms with Crippen LogP contribution in [0.2, 0.25) is 0 Å². The van der Waals surface area contributed by atoms with E-state index in [0.717, 1.165) is 54.1 Å². The van der Waals surface area contributed by atoms with Gasteiger partial charge in [0, 0.05) is 17.7 Å². The van der Waals surface area contributed by atoms with Crippen molar-refractivity contribution in [3.8, 4) is 5.75 Å². The van der Waals surface area contributed by atoms with Crippen molar-refractivity contribution in [1.29, 1.82) is 0 Å². The molecule has 380 valence electrons. The monoisotopic (exact) mass is 1080 g/mol.